The van der Waals surface area contributed by atoms with Crippen molar-refractivity contribution < 1.29 is 0 Å². The van der Waals surface area contributed by atoms with E-state index in [1.807, 2.05) is 25.1 Å². The highest BCUT2D eigenvalue weighted by Gasteiger charge is 2.08. The third-order valence-electron chi connectivity index (χ3n) is 3.15. The van der Waals surface area contributed by atoms with E-state index < -0.39 is 0 Å². The highest BCUT2D eigenvalue weighted by atomic mass is 79.9. The maximum atomic E-state index is 4.34. The highest BCUT2D eigenvalue weighted by molar-refractivity contribution is 9.10. The first kappa shape index (κ1) is 14.8. The fourth-order valence-electron chi connectivity index (χ4n) is 1.87. The number of nitrogens with one attached hydrogen (secondary N) is 2. The average molecular weight is 335 g/mol. The number of aromatic nitrogens is 2. The zero-order chi connectivity index (χ0) is 14.5. The van der Waals surface area contributed by atoms with E-state index in [-0.39, 0.29) is 0 Å². The van der Waals surface area contributed by atoms with Gasteiger partial charge in [-0.15, -0.1) is 0 Å². The van der Waals surface area contributed by atoms with Crippen LogP contribution >= 0.6 is 15.9 Å². The van der Waals surface area contributed by atoms with Crippen LogP contribution < -0.4 is 10.6 Å². The molecule has 0 atom stereocenters. The molecule has 0 bridgehead atoms. The highest BCUT2D eigenvalue weighted by Crippen LogP contribution is 2.28. The molecular weight excluding hydrogens is 316 g/mol. The molecule has 1 aromatic heterocycles. The van der Waals surface area contributed by atoms with Gasteiger partial charge in [-0.3, -0.25) is 0 Å². The van der Waals surface area contributed by atoms with Crippen LogP contribution in [0, 0.1) is 13.8 Å². The normalized spacial score (nSPS) is 10.4. The second-order valence-corrected chi connectivity index (χ2v) is 5.51. The van der Waals surface area contributed by atoms with Crippen LogP contribution in [0.4, 0.5) is 17.3 Å². The summed E-state index contributed by atoms with van der Waals surface area (Å²) in [5, 5.41) is 6.69. The molecule has 1 heterocycles. The molecule has 2 aromatic rings. The van der Waals surface area contributed by atoms with Gasteiger partial charge >= 0.3 is 0 Å². The molecule has 106 valence electrons. The zero-order valence-electron chi connectivity index (χ0n) is 12.0. The third-order valence-corrected chi connectivity index (χ3v) is 4.01. The predicted octanol–water partition coefficient (Wildman–Crippen LogP) is 4.42. The summed E-state index contributed by atoms with van der Waals surface area (Å²) in [6, 6.07) is 6.08. The van der Waals surface area contributed by atoms with Crippen LogP contribution in [0.3, 0.4) is 0 Å². The van der Waals surface area contributed by atoms with Gasteiger partial charge in [-0.25, -0.2) is 9.97 Å². The van der Waals surface area contributed by atoms with Crippen molar-refractivity contribution in [1.82, 2.24) is 9.97 Å². The van der Waals surface area contributed by atoms with Crippen molar-refractivity contribution in [1.29, 1.82) is 0 Å². The summed E-state index contributed by atoms with van der Waals surface area (Å²) < 4.78 is 1.08. The molecule has 0 fully saturated rings. The Morgan fingerprint density at radius 3 is 2.60 bits per heavy atom. The third kappa shape index (κ3) is 3.28. The Morgan fingerprint density at radius 2 is 1.85 bits per heavy atom. The lowest BCUT2D eigenvalue weighted by atomic mass is 10.2. The van der Waals surface area contributed by atoms with Crippen LogP contribution in [0.5, 0.6) is 0 Å². The lowest BCUT2D eigenvalue weighted by Gasteiger charge is -2.14. The molecular formula is C15H19BrN4. The van der Waals surface area contributed by atoms with Crippen molar-refractivity contribution in [2.75, 3.05) is 17.2 Å². The monoisotopic (exact) mass is 334 g/mol. The Balaban J connectivity index is 2.27. The Morgan fingerprint density at radius 1 is 1.10 bits per heavy atom. The van der Waals surface area contributed by atoms with Crippen LogP contribution in [0.2, 0.25) is 0 Å². The number of halogens is 1. The fourth-order valence-corrected chi connectivity index (χ4v) is 2.23. The van der Waals surface area contributed by atoms with Gasteiger partial charge < -0.3 is 10.6 Å². The summed E-state index contributed by atoms with van der Waals surface area (Å²) in [7, 11) is 0. The number of benzene rings is 1. The standard InChI is InChI=1S/C15H19BrN4/c1-4-8-17-14-11(3)15(19-9-18-14)20-13-7-5-6-12(16)10(13)2/h5-7,9H,4,8H2,1-3H3,(H2,17,18,19,20). The van der Waals surface area contributed by atoms with Gasteiger partial charge in [0.1, 0.15) is 18.0 Å². The molecule has 0 spiro atoms. The molecule has 0 aliphatic carbocycles. The molecule has 0 unspecified atom stereocenters. The van der Waals surface area contributed by atoms with Gasteiger partial charge in [0, 0.05) is 22.3 Å². The summed E-state index contributed by atoms with van der Waals surface area (Å²) >= 11 is 3.54. The molecule has 0 amide bonds. The molecule has 1 aromatic carbocycles. The second kappa shape index (κ2) is 6.70. The minimum atomic E-state index is 0.833. The topological polar surface area (TPSA) is 49.8 Å². The van der Waals surface area contributed by atoms with Gasteiger partial charge in [-0.2, -0.15) is 0 Å². The molecule has 0 saturated heterocycles. The van der Waals surface area contributed by atoms with E-state index in [2.05, 4.69) is 50.4 Å². The SMILES string of the molecule is CCCNc1ncnc(Nc2cccc(Br)c2C)c1C. The zero-order valence-corrected chi connectivity index (χ0v) is 13.6. The summed E-state index contributed by atoms with van der Waals surface area (Å²) in [6.07, 6.45) is 2.65. The van der Waals surface area contributed by atoms with E-state index in [0.717, 1.165) is 45.9 Å². The molecule has 20 heavy (non-hydrogen) atoms. The van der Waals surface area contributed by atoms with E-state index in [1.165, 1.54) is 0 Å². The Bertz CT molecular complexity index is 598. The number of hydrogen-bond acceptors (Lipinski definition) is 4. The van der Waals surface area contributed by atoms with Crippen molar-refractivity contribution in [2.45, 2.75) is 27.2 Å². The average Bonchev–Trinajstić information content (AvgIpc) is 2.44. The first-order valence-corrected chi connectivity index (χ1v) is 7.50. The minimum Gasteiger partial charge on any atom is -0.370 e. The largest absolute Gasteiger partial charge is 0.370 e. The van der Waals surface area contributed by atoms with E-state index in [1.54, 1.807) is 6.33 Å². The number of rotatable bonds is 5. The molecule has 0 radical (unpaired) electrons. The lowest BCUT2D eigenvalue weighted by Crippen LogP contribution is -2.07. The lowest BCUT2D eigenvalue weighted by molar-refractivity contribution is 0.960. The fraction of sp³-hybridized carbons (Fsp3) is 0.333. The van der Waals surface area contributed by atoms with Crippen LogP contribution in [0.25, 0.3) is 0 Å². The van der Waals surface area contributed by atoms with Crippen LogP contribution in [-0.4, -0.2) is 16.5 Å². The number of hydrogen-bond donors (Lipinski definition) is 2. The van der Waals surface area contributed by atoms with Gasteiger partial charge in [0.2, 0.25) is 0 Å². The van der Waals surface area contributed by atoms with Crippen LogP contribution in [0.1, 0.15) is 24.5 Å². The molecule has 2 N–H and O–H groups in total. The minimum absolute atomic E-state index is 0.833. The van der Waals surface area contributed by atoms with E-state index in [9.17, 15) is 0 Å². The first-order chi connectivity index (χ1) is 9.63. The number of anilines is 3. The van der Waals surface area contributed by atoms with E-state index in [4.69, 9.17) is 0 Å². The molecule has 4 nitrogen and oxygen atoms in total. The summed E-state index contributed by atoms with van der Waals surface area (Å²) in [4.78, 5) is 8.62. The van der Waals surface area contributed by atoms with E-state index in [0.29, 0.717) is 0 Å². The van der Waals surface area contributed by atoms with Crippen LogP contribution in [-0.2, 0) is 0 Å². The van der Waals surface area contributed by atoms with Crippen molar-refractivity contribution in [2.24, 2.45) is 0 Å². The van der Waals surface area contributed by atoms with Gasteiger partial charge in [-0.1, -0.05) is 28.9 Å². The summed E-state index contributed by atoms with van der Waals surface area (Å²) in [5.41, 5.74) is 3.23. The predicted molar refractivity (Wildman–Crippen MR) is 87.7 cm³/mol. The Kier molecular flexibility index (Phi) is 4.95. The van der Waals surface area contributed by atoms with Gasteiger partial charge in [0.25, 0.3) is 0 Å². The maximum absolute atomic E-state index is 4.34. The second-order valence-electron chi connectivity index (χ2n) is 4.66. The van der Waals surface area contributed by atoms with Crippen molar-refractivity contribution in [3.8, 4) is 0 Å². The van der Waals surface area contributed by atoms with Crippen molar-refractivity contribution in [3.63, 3.8) is 0 Å². The quantitative estimate of drug-likeness (QED) is 0.849. The van der Waals surface area contributed by atoms with Gasteiger partial charge in [0.05, 0.1) is 0 Å². The van der Waals surface area contributed by atoms with Gasteiger partial charge in [0.15, 0.2) is 0 Å². The maximum Gasteiger partial charge on any atom is 0.138 e. The molecule has 0 saturated carbocycles. The Labute approximate surface area is 128 Å². The Hall–Kier alpha value is -1.62. The van der Waals surface area contributed by atoms with Crippen molar-refractivity contribution >= 4 is 33.3 Å². The van der Waals surface area contributed by atoms with Crippen LogP contribution in [0.15, 0.2) is 29.0 Å². The molecule has 2 rings (SSSR count). The molecule has 5 heteroatoms. The smallest absolute Gasteiger partial charge is 0.138 e. The number of nitrogens with zero attached hydrogens (tertiary/aromatic N) is 2. The molecule has 0 aliphatic heterocycles. The molecule has 0 aliphatic rings. The van der Waals surface area contributed by atoms with Crippen molar-refractivity contribution in [3.05, 3.63) is 40.1 Å². The summed E-state index contributed by atoms with van der Waals surface area (Å²) in [5.74, 6) is 1.72. The first-order valence-electron chi connectivity index (χ1n) is 6.71. The summed E-state index contributed by atoms with van der Waals surface area (Å²) in [6.45, 7) is 7.13. The van der Waals surface area contributed by atoms with E-state index >= 15 is 0 Å². The van der Waals surface area contributed by atoms with Gasteiger partial charge in [-0.05, 0) is 38.0 Å².